The van der Waals surface area contributed by atoms with Crippen LogP contribution in [0.4, 0.5) is 0 Å². The van der Waals surface area contributed by atoms with Crippen LogP contribution in [0, 0.1) is 0 Å². The molecule has 0 aliphatic carbocycles. The SMILES string of the molecule is COc1ccccc1CCNC(=O)C1(C)CCCC(=O)N1CC(OC)OC. The van der Waals surface area contributed by atoms with Crippen LogP contribution in [0.3, 0.4) is 0 Å². The fourth-order valence-corrected chi connectivity index (χ4v) is 3.47. The van der Waals surface area contributed by atoms with E-state index in [1.807, 2.05) is 31.2 Å². The number of likely N-dealkylation sites (tertiary alicyclic amines) is 1. The lowest BCUT2D eigenvalue weighted by Gasteiger charge is -2.44. The molecule has 1 saturated heterocycles. The monoisotopic (exact) mass is 378 g/mol. The Morgan fingerprint density at radius 2 is 1.96 bits per heavy atom. The number of methoxy groups -OCH3 is 3. The van der Waals surface area contributed by atoms with Gasteiger partial charge in [0.2, 0.25) is 11.8 Å². The summed E-state index contributed by atoms with van der Waals surface area (Å²) in [7, 11) is 4.67. The quantitative estimate of drug-likeness (QED) is 0.663. The molecule has 1 aromatic carbocycles. The Morgan fingerprint density at radius 1 is 1.26 bits per heavy atom. The highest BCUT2D eigenvalue weighted by Gasteiger charge is 2.45. The zero-order chi connectivity index (χ0) is 19.9. The number of carbonyl (C=O) groups is 2. The van der Waals surface area contributed by atoms with Gasteiger partial charge < -0.3 is 24.4 Å². The van der Waals surface area contributed by atoms with Gasteiger partial charge in [-0.1, -0.05) is 18.2 Å². The summed E-state index contributed by atoms with van der Waals surface area (Å²) in [6, 6.07) is 7.73. The lowest BCUT2D eigenvalue weighted by Crippen LogP contribution is -2.62. The van der Waals surface area contributed by atoms with E-state index in [0.717, 1.165) is 11.3 Å². The summed E-state index contributed by atoms with van der Waals surface area (Å²) in [6.07, 6.45) is 1.83. The molecule has 2 rings (SSSR count). The molecule has 1 atom stereocenters. The Hall–Kier alpha value is -2.12. The molecule has 7 nitrogen and oxygen atoms in total. The van der Waals surface area contributed by atoms with E-state index < -0.39 is 11.8 Å². The van der Waals surface area contributed by atoms with E-state index in [1.165, 1.54) is 14.2 Å². The molecule has 1 fully saturated rings. The predicted molar refractivity (Wildman–Crippen MR) is 101 cm³/mol. The molecule has 27 heavy (non-hydrogen) atoms. The van der Waals surface area contributed by atoms with Crippen molar-refractivity contribution in [1.82, 2.24) is 10.2 Å². The van der Waals surface area contributed by atoms with Gasteiger partial charge in [-0.25, -0.2) is 0 Å². The first-order chi connectivity index (χ1) is 13.0. The van der Waals surface area contributed by atoms with Gasteiger partial charge in [0.15, 0.2) is 6.29 Å². The topological polar surface area (TPSA) is 77.1 Å². The number of amides is 2. The van der Waals surface area contributed by atoms with Gasteiger partial charge in [-0.15, -0.1) is 0 Å². The number of piperidine rings is 1. The van der Waals surface area contributed by atoms with Gasteiger partial charge in [-0.2, -0.15) is 0 Å². The zero-order valence-corrected chi connectivity index (χ0v) is 16.6. The van der Waals surface area contributed by atoms with Gasteiger partial charge in [0.05, 0.1) is 13.7 Å². The summed E-state index contributed by atoms with van der Waals surface area (Å²) >= 11 is 0. The summed E-state index contributed by atoms with van der Waals surface area (Å²) in [5, 5.41) is 2.98. The highest BCUT2D eigenvalue weighted by molar-refractivity contribution is 5.92. The van der Waals surface area contributed by atoms with E-state index in [9.17, 15) is 9.59 Å². The van der Waals surface area contributed by atoms with Gasteiger partial charge in [0.1, 0.15) is 11.3 Å². The number of benzene rings is 1. The van der Waals surface area contributed by atoms with Crippen LogP contribution in [0.5, 0.6) is 5.75 Å². The maximum atomic E-state index is 13.0. The van der Waals surface area contributed by atoms with Crippen molar-refractivity contribution in [2.24, 2.45) is 0 Å². The Labute approximate surface area is 161 Å². The molecule has 2 amide bonds. The summed E-state index contributed by atoms with van der Waals surface area (Å²) < 4.78 is 15.8. The van der Waals surface area contributed by atoms with E-state index in [0.29, 0.717) is 32.2 Å². The van der Waals surface area contributed by atoms with Crippen molar-refractivity contribution in [3.05, 3.63) is 29.8 Å². The van der Waals surface area contributed by atoms with Crippen LogP contribution in [0.15, 0.2) is 24.3 Å². The lowest BCUT2D eigenvalue weighted by atomic mass is 9.87. The largest absolute Gasteiger partial charge is 0.496 e. The molecule has 1 N–H and O–H groups in total. The van der Waals surface area contributed by atoms with Crippen molar-refractivity contribution in [1.29, 1.82) is 0 Å². The average molecular weight is 378 g/mol. The first-order valence-corrected chi connectivity index (χ1v) is 9.22. The molecule has 0 bridgehead atoms. The fourth-order valence-electron chi connectivity index (χ4n) is 3.47. The molecule has 0 saturated carbocycles. The van der Waals surface area contributed by atoms with Crippen LogP contribution in [-0.4, -0.2) is 63.0 Å². The molecule has 1 heterocycles. The molecule has 0 spiro atoms. The maximum Gasteiger partial charge on any atom is 0.245 e. The molecule has 0 aromatic heterocycles. The third-order valence-electron chi connectivity index (χ3n) is 5.17. The van der Waals surface area contributed by atoms with E-state index >= 15 is 0 Å². The number of para-hydroxylation sites is 1. The van der Waals surface area contributed by atoms with Crippen LogP contribution in [0.25, 0.3) is 0 Å². The second-order valence-corrected chi connectivity index (χ2v) is 6.85. The van der Waals surface area contributed by atoms with Crippen molar-refractivity contribution < 1.29 is 23.8 Å². The Balaban J connectivity index is 2.03. The standard InChI is InChI=1S/C20H30N2O5/c1-20(12-7-10-17(23)22(20)14-18(26-3)27-4)19(24)21-13-11-15-8-5-6-9-16(15)25-2/h5-6,8-9,18H,7,10-14H2,1-4H3,(H,21,24). The van der Waals surface area contributed by atoms with Crippen molar-refractivity contribution >= 4 is 11.8 Å². The summed E-state index contributed by atoms with van der Waals surface area (Å²) in [5.41, 5.74) is 0.117. The van der Waals surface area contributed by atoms with Gasteiger partial charge in [-0.05, 0) is 37.8 Å². The summed E-state index contributed by atoms with van der Waals surface area (Å²) in [6.45, 7) is 2.50. The van der Waals surface area contributed by atoms with Crippen molar-refractivity contribution in [2.45, 2.75) is 44.4 Å². The molecule has 1 unspecified atom stereocenters. The van der Waals surface area contributed by atoms with Crippen LogP contribution in [0.1, 0.15) is 31.7 Å². The molecule has 1 aromatic rings. The molecule has 7 heteroatoms. The molecule has 0 radical (unpaired) electrons. The average Bonchev–Trinajstić information content (AvgIpc) is 2.68. The minimum absolute atomic E-state index is 0.0530. The predicted octanol–water partition coefficient (Wildman–Crippen LogP) is 1.74. The second-order valence-electron chi connectivity index (χ2n) is 6.85. The van der Waals surface area contributed by atoms with Gasteiger partial charge >= 0.3 is 0 Å². The Morgan fingerprint density at radius 3 is 2.63 bits per heavy atom. The lowest BCUT2D eigenvalue weighted by molar-refractivity contribution is -0.166. The van der Waals surface area contributed by atoms with Crippen LogP contribution >= 0.6 is 0 Å². The maximum absolute atomic E-state index is 13.0. The highest BCUT2D eigenvalue weighted by atomic mass is 16.7. The number of ether oxygens (including phenoxy) is 3. The minimum atomic E-state index is -0.911. The van der Waals surface area contributed by atoms with Crippen molar-refractivity contribution in [2.75, 3.05) is 34.4 Å². The number of hydrogen-bond acceptors (Lipinski definition) is 5. The third kappa shape index (κ3) is 4.99. The zero-order valence-electron chi connectivity index (χ0n) is 16.6. The van der Waals surface area contributed by atoms with Crippen LogP contribution in [0.2, 0.25) is 0 Å². The molecular weight excluding hydrogens is 348 g/mol. The molecule has 1 aliphatic heterocycles. The molecular formula is C20H30N2O5. The normalized spacial score (nSPS) is 20.0. The number of nitrogens with zero attached hydrogens (tertiary/aromatic N) is 1. The second kappa shape index (κ2) is 9.71. The Bertz CT molecular complexity index is 647. The minimum Gasteiger partial charge on any atom is -0.496 e. The van der Waals surface area contributed by atoms with Crippen LogP contribution < -0.4 is 10.1 Å². The van der Waals surface area contributed by atoms with E-state index in [2.05, 4.69) is 5.32 Å². The summed E-state index contributed by atoms with van der Waals surface area (Å²) in [4.78, 5) is 27.0. The number of carbonyl (C=O) groups excluding carboxylic acids is 2. The number of nitrogens with one attached hydrogen (secondary N) is 1. The van der Waals surface area contributed by atoms with Crippen molar-refractivity contribution in [3.63, 3.8) is 0 Å². The van der Waals surface area contributed by atoms with E-state index in [4.69, 9.17) is 14.2 Å². The van der Waals surface area contributed by atoms with E-state index in [1.54, 1.807) is 12.0 Å². The highest BCUT2D eigenvalue weighted by Crippen LogP contribution is 2.29. The van der Waals surface area contributed by atoms with Crippen LogP contribution in [-0.2, 0) is 25.5 Å². The van der Waals surface area contributed by atoms with Gasteiger partial charge in [-0.3, -0.25) is 9.59 Å². The third-order valence-corrected chi connectivity index (χ3v) is 5.17. The smallest absolute Gasteiger partial charge is 0.245 e. The summed E-state index contributed by atoms with van der Waals surface area (Å²) in [5.74, 6) is 0.592. The molecule has 1 aliphatic rings. The fraction of sp³-hybridized carbons (Fsp3) is 0.600. The van der Waals surface area contributed by atoms with Gasteiger partial charge in [0.25, 0.3) is 0 Å². The number of rotatable bonds is 9. The molecule has 150 valence electrons. The number of hydrogen-bond donors (Lipinski definition) is 1. The Kier molecular flexibility index (Phi) is 7.62. The van der Waals surface area contributed by atoms with Gasteiger partial charge in [0, 0.05) is 27.2 Å². The first-order valence-electron chi connectivity index (χ1n) is 9.22. The van der Waals surface area contributed by atoms with E-state index in [-0.39, 0.29) is 18.4 Å². The van der Waals surface area contributed by atoms with Crippen molar-refractivity contribution in [3.8, 4) is 5.75 Å². The first kappa shape index (κ1) is 21.2.